The van der Waals surface area contributed by atoms with Crippen molar-refractivity contribution in [2.24, 2.45) is 5.10 Å². The van der Waals surface area contributed by atoms with E-state index < -0.39 is 0 Å². The van der Waals surface area contributed by atoms with E-state index in [-0.39, 0.29) is 11.7 Å². The second-order valence-corrected chi connectivity index (χ2v) is 7.79. The number of phenols is 1. The van der Waals surface area contributed by atoms with Crippen molar-refractivity contribution in [3.05, 3.63) is 83.6 Å². The van der Waals surface area contributed by atoms with Crippen molar-refractivity contribution in [1.29, 1.82) is 0 Å². The number of nitrogens with zero attached hydrogens (tertiary/aromatic N) is 3. The van der Waals surface area contributed by atoms with Crippen LogP contribution in [0, 0.1) is 6.92 Å². The molecule has 0 fully saturated rings. The average molecular weight is 438 g/mol. The van der Waals surface area contributed by atoms with Gasteiger partial charge in [-0.1, -0.05) is 30.3 Å². The van der Waals surface area contributed by atoms with Gasteiger partial charge in [0.15, 0.2) is 0 Å². The Kier molecular flexibility index (Phi) is 5.14. The third kappa shape index (κ3) is 3.63. The second kappa shape index (κ2) is 8.27. The number of hydrogen-bond acceptors (Lipinski definition) is 4. The van der Waals surface area contributed by atoms with E-state index in [2.05, 4.69) is 51.0 Å². The lowest BCUT2D eigenvalue weighted by Crippen LogP contribution is -2.17. The predicted molar refractivity (Wildman–Crippen MR) is 131 cm³/mol. The summed E-state index contributed by atoms with van der Waals surface area (Å²) in [5.41, 5.74) is 8.33. The van der Waals surface area contributed by atoms with Gasteiger partial charge in [0.25, 0.3) is 5.91 Å². The van der Waals surface area contributed by atoms with Gasteiger partial charge in [0.1, 0.15) is 11.6 Å². The number of para-hydroxylation sites is 2. The van der Waals surface area contributed by atoms with Gasteiger partial charge in [-0.25, -0.2) is 10.4 Å². The molecule has 0 unspecified atom stereocenters. The molecule has 0 saturated carbocycles. The number of hydrogen-bond donors (Lipinski definition) is 3. The van der Waals surface area contributed by atoms with E-state index in [1.165, 1.54) is 0 Å². The van der Waals surface area contributed by atoms with E-state index in [1.54, 1.807) is 42.6 Å². The monoisotopic (exact) mass is 437 g/mol. The number of benzene rings is 3. The smallest absolute Gasteiger partial charge is 0.271 e. The Morgan fingerprint density at radius 1 is 1.15 bits per heavy atom. The molecule has 7 nitrogen and oxygen atoms in total. The molecule has 5 rings (SSSR count). The zero-order valence-electron chi connectivity index (χ0n) is 18.3. The topological polar surface area (TPSA) is 95.3 Å². The van der Waals surface area contributed by atoms with Crippen LogP contribution >= 0.6 is 0 Å². The van der Waals surface area contributed by atoms with Crippen LogP contribution in [-0.4, -0.2) is 31.8 Å². The van der Waals surface area contributed by atoms with Crippen molar-refractivity contribution in [3.63, 3.8) is 0 Å². The van der Waals surface area contributed by atoms with E-state index in [4.69, 9.17) is 0 Å². The normalized spacial score (nSPS) is 11.6. The number of nitrogens with one attached hydrogen (secondary N) is 2. The first kappa shape index (κ1) is 20.5. The van der Waals surface area contributed by atoms with E-state index in [9.17, 15) is 9.90 Å². The lowest BCUT2D eigenvalue weighted by Gasteiger charge is -2.03. The summed E-state index contributed by atoms with van der Waals surface area (Å²) in [5, 5.41) is 15.4. The number of H-pyrrole nitrogens is 1. The fourth-order valence-corrected chi connectivity index (χ4v) is 4.20. The maximum Gasteiger partial charge on any atom is 0.271 e. The van der Waals surface area contributed by atoms with Crippen LogP contribution in [0.3, 0.4) is 0 Å². The summed E-state index contributed by atoms with van der Waals surface area (Å²) in [4.78, 5) is 20.4. The minimum Gasteiger partial charge on any atom is -0.507 e. The molecule has 0 aliphatic rings. The lowest BCUT2D eigenvalue weighted by molar-refractivity contribution is 0.0955. The number of amides is 1. The summed E-state index contributed by atoms with van der Waals surface area (Å²) in [7, 11) is 0. The number of fused-ring (bicyclic) bond motifs is 2. The maximum absolute atomic E-state index is 12.7. The van der Waals surface area contributed by atoms with Crippen LogP contribution < -0.4 is 5.43 Å². The van der Waals surface area contributed by atoms with Crippen molar-refractivity contribution in [2.45, 2.75) is 20.4 Å². The standard InChI is InChI=1S/C26H23N5O2/c1-3-31-16(2)20(18-8-4-6-10-23(18)31)15-27-30-26(33)17-12-13-21-22(14-17)29-25(28-21)19-9-5-7-11-24(19)32/h4-15,32H,3H2,1-2H3,(H,28,29)(H,30,33)/b27-15+. The highest BCUT2D eigenvalue weighted by Gasteiger charge is 2.13. The minimum atomic E-state index is -0.316. The average Bonchev–Trinajstić information content (AvgIpc) is 3.37. The Bertz CT molecular complexity index is 1530. The van der Waals surface area contributed by atoms with Gasteiger partial charge in [-0.05, 0) is 50.2 Å². The number of aryl methyl sites for hydroxylation is 1. The van der Waals surface area contributed by atoms with E-state index in [0.717, 1.165) is 28.7 Å². The number of rotatable bonds is 5. The third-order valence-corrected chi connectivity index (χ3v) is 5.86. The number of hydrazone groups is 1. The summed E-state index contributed by atoms with van der Waals surface area (Å²) in [6.07, 6.45) is 1.70. The molecule has 164 valence electrons. The van der Waals surface area contributed by atoms with E-state index >= 15 is 0 Å². The molecule has 0 radical (unpaired) electrons. The number of carbonyl (C=O) groups is 1. The molecule has 3 N–H and O–H groups in total. The highest BCUT2D eigenvalue weighted by atomic mass is 16.3. The molecule has 33 heavy (non-hydrogen) atoms. The second-order valence-electron chi connectivity index (χ2n) is 7.79. The van der Waals surface area contributed by atoms with Gasteiger partial charge in [0, 0.05) is 34.3 Å². The Balaban J connectivity index is 1.39. The molecule has 0 aliphatic carbocycles. The molecular formula is C26H23N5O2. The summed E-state index contributed by atoms with van der Waals surface area (Å²) in [5.74, 6) is 0.369. The van der Waals surface area contributed by atoms with E-state index in [0.29, 0.717) is 28.0 Å². The van der Waals surface area contributed by atoms with Gasteiger partial charge in [-0.15, -0.1) is 0 Å². The molecule has 2 aromatic heterocycles. The molecule has 0 atom stereocenters. The largest absolute Gasteiger partial charge is 0.507 e. The van der Waals surface area contributed by atoms with Crippen molar-refractivity contribution >= 4 is 34.1 Å². The number of imidazole rings is 1. The first-order valence-electron chi connectivity index (χ1n) is 10.8. The SMILES string of the molecule is CCn1c(C)c(/C=N/NC(=O)c2ccc3nc(-c4ccccc4O)[nH]c3c2)c2ccccc21. The van der Waals surface area contributed by atoms with E-state index in [1.807, 2.05) is 18.2 Å². The van der Waals surface area contributed by atoms with Crippen molar-refractivity contribution in [3.8, 4) is 17.1 Å². The first-order chi connectivity index (χ1) is 16.1. The number of phenolic OH excluding ortho intramolecular Hbond substituents is 1. The molecule has 0 bridgehead atoms. The molecule has 1 amide bonds. The van der Waals surface area contributed by atoms with Crippen LogP contribution in [0.1, 0.15) is 28.5 Å². The zero-order chi connectivity index (χ0) is 22.9. The maximum atomic E-state index is 12.7. The lowest BCUT2D eigenvalue weighted by atomic mass is 10.1. The highest BCUT2D eigenvalue weighted by molar-refractivity contribution is 6.02. The summed E-state index contributed by atoms with van der Waals surface area (Å²) in [6, 6.07) is 20.4. The third-order valence-electron chi connectivity index (χ3n) is 5.86. The molecule has 2 heterocycles. The number of aromatic amines is 1. The Hall–Kier alpha value is -4.39. The summed E-state index contributed by atoms with van der Waals surface area (Å²) >= 11 is 0. The van der Waals surface area contributed by atoms with Crippen LogP contribution in [0.2, 0.25) is 0 Å². The summed E-state index contributed by atoms with van der Waals surface area (Å²) in [6.45, 7) is 5.03. The van der Waals surface area contributed by atoms with Crippen molar-refractivity contribution in [2.75, 3.05) is 0 Å². The number of aromatic nitrogens is 3. The van der Waals surface area contributed by atoms with Gasteiger partial charge >= 0.3 is 0 Å². The van der Waals surface area contributed by atoms with Crippen LogP contribution in [0.25, 0.3) is 33.3 Å². The van der Waals surface area contributed by atoms with Crippen LogP contribution in [0.15, 0.2) is 71.8 Å². The fourth-order valence-electron chi connectivity index (χ4n) is 4.20. The first-order valence-corrected chi connectivity index (χ1v) is 10.8. The van der Waals surface area contributed by atoms with Crippen LogP contribution in [0.4, 0.5) is 0 Å². The van der Waals surface area contributed by atoms with Crippen molar-refractivity contribution < 1.29 is 9.90 Å². The van der Waals surface area contributed by atoms with Gasteiger partial charge < -0.3 is 14.7 Å². The minimum absolute atomic E-state index is 0.142. The van der Waals surface area contributed by atoms with Gasteiger partial charge in [0.2, 0.25) is 0 Å². The van der Waals surface area contributed by atoms with Gasteiger partial charge in [-0.2, -0.15) is 5.10 Å². The van der Waals surface area contributed by atoms with Crippen LogP contribution in [0.5, 0.6) is 5.75 Å². The van der Waals surface area contributed by atoms with Gasteiger partial charge in [0.05, 0.1) is 22.8 Å². The van der Waals surface area contributed by atoms with Crippen LogP contribution in [-0.2, 0) is 6.54 Å². The Morgan fingerprint density at radius 2 is 1.94 bits per heavy atom. The molecule has 3 aromatic carbocycles. The Labute approximate surface area is 190 Å². The van der Waals surface area contributed by atoms with Gasteiger partial charge in [-0.3, -0.25) is 4.79 Å². The fraction of sp³-hybridized carbons (Fsp3) is 0.115. The zero-order valence-corrected chi connectivity index (χ0v) is 18.3. The predicted octanol–water partition coefficient (Wildman–Crippen LogP) is 4.98. The molecule has 7 heteroatoms. The molecule has 0 saturated heterocycles. The highest BCUT2D eigenvalue weighted by Crippen LogP contribution is 2.28. The van der Waals surface area contributed by atoms with Crippen molar-refractivity contribution in [1.82, 2.24) is 20.0 Å². The summed E-state index contributed by atoms with van der Waals surface area (Å²) < 4.78 is 2.23. The Morgan fingerprint density at radius 3 is 2.76 bits per heavy atom. The molecule has 0 aliphatic heterocycles. The quantitative estimate of drug-likeness (QED) is 0.267. The number of aromatic hydroxyl groups is 1. The molecular weight excluding hydrogens is 414 g/mol. The number of carbonyl (C=O) groups excluding carboxylic acids is 1. The molecule has 5 aromatic rings. The molecule has 0 spiro atoms.